The maximum atomic E-state index is 12.3. The van der Waals surface area contributed by atoms with Crippen LogP contribution in [0.4, 0.5) is 5.00 Å². The summed E-state index contributed by atoms with van der Waals surface area (Å²) >= 11 is 1.46. The van der Waals surface area contributed by atoms with Crippen molar-refractivity contribution in [2.75, 3.05) is 11.9 Å². The topological polar surface area (TPSA) is 81.4 Å². The number of rotatable bonds is 6. The van der Waals surface area contributed by atoms with Gasteiger partial charge in [-0.05, 0) is 54.9 Å². The van der Waals surface area contributed by atoms with Crippen molar-refractivity contribution in [3.63, 3.8) is 0 Å². The zero-order chi connectivity index (χ0) is 18.7. The van der Waals surface area contributed by atoms with E-state index in [4.69, 9.17) is 10.5 Å². The van der Waals surface area contributed by atoms with Crippen LogP contribution in [-0.2, 0) is 24.1 Å². The van der Waals surface area contributed by atoms with Gasteiger partial charge in [0.2, 0.25) is 0 Å². The fourth-order valence-corrected chi connectivity index (χ4v) is 4.66. The van der Waals surface area contributed by atoms with Crippen LogP contribution in [0, 0.1) is 5.92 Å². The van der Waals surface area contributed by atoms with Crippen molar-refractivity contribution in [3.8, 4) is 5.75 Å². The first-order valence-electron chi connectivity index (χ1n) is 8.93. The molecule has 1 aromatic carbocycles. The van der Waals surface area contributed by atoms with Crippen molar-refractivity contribution in [1.29, 1.82) is 0 Å². The average Bonchev–Trinajstić information content (AvgIpc) is 2.97. The molecule has 0 fully saturated rings. The van der Waals surface area contributed by atoms with Crippen LogP contribution >= 0.6 is 11.3 Å². The highest BCUT2D eigenvalue weighted by atomic mass is 32.1. The fourth-order valence-electron chi connectivity index (χ4n) is 3.23. The summed E-state index contributed by atoms with van der Waals surface area (Å²) in [5, 5.41) is 3.36. The second-order valence-electron chi connectivity index (χ2n) is 6.75. The lowest BCUT2D eigenvalue weighted by Gasteiger charge is -2.18. The van der Waals surface area contributed by atoms with Gasteiger partial charge in [-0.2, -0.15) is 0 Å². The molecule has 3 N–H and O–H groups in total. The van der Waals surface area contributed by atoms with Crippen molar-refractivity contribution >= 4 is 28.2 Å². The van der Waals surface area contributed by atoms with Crippen LogP contribution in [0.15, 0.2) is 24.3 Å². The molecule has 2 aromatic rings. The summed E-state index contributed by atoms with van der Waals surface area (Å²) in [4.78, 5) is 25.3. The predicted octanol–water partition coefficient (Wildman–Crippen LogP) is 3.55. The summed E-state index contributed by atoms with van der Waals surface area (Å²) in [6.07, 6.45) is 3.75. The van der Waals surface area contributed by atoms with Gasteiger partial charge in [-0.15, -0.1) is 11.3 Å². The van der Waals surface area contributed by atoms with Gasteiger partial charge in [-0.25, -0.2) is 0 Å². The van der Waals surface area contributed by atoms with Gasteiger partial charge in [0.1, 0.15) is 10.8 Å². The van der Waals surface area contributed by atoms with Crippen LogP contribution < -0.4 is 15.8 Å². The number of hydrogen-bond donors (Lipinski definition) is 2. The monoisotopic (exact) mass is 372 g/mol. The Labute approximate surface area is 157 Å². The van der Waals surface area contributed by atoms with Crippen LogP contribution in [-0.4, -0.2) is 18.4 Å². The van der Waals surface area contributed by atoms with Gasteiger partial charge in [0.25, 0.3) is 11.8 Å². The number of primary amides is 1. The van der Waals surface area contributed by atoms with Crippen LogP contribution in [0.2, 0.25) is 0 Å². The minimum Gasteiger partial charge on any atom is -0.484 e. The Balaban J connectivity index is 1.67. The predicted molar refractivity (Wildman–Crippen MR) is 104 cm³/mol. The molecule has 2 amide bonds. The Hall–Kier alpha value is -2.34. The summed E-state index contributed by atoms with van der Waals surface area (Å²) < 4.78 is 5.54. The summed E-state index contributed by atoms with van der Waals surface area (Å²) in [5.74, 6) is 0.453. The average molecular weight is 372 g/mol. The van der Waals surface area contributed by atoms with E-state index >= 15 is 0 Å². The number of hydrogen-bond acceptors (Lipinski definition) is 4. The van der Waals surface area contributed by atoms with Crippen LogP contribution in [0.25, 0.3) is 0 Å². The van der Waals surface area contributed by atoms with Gasteiger partial charge in [0.15, 0.2) is 6.61 Å². The number of carbonyl (C=O) groups excluding carboxylic acids is 2. The molecule has 6 heteroatoms. The van der Waals surface area contributed by atoms with E-state index in [1.807, 2.05) is 24.3 Å². The lowest BCUT2D eigenvalue weighted by atomic mass is 9.88. The number of amides is 2. The molecule has 138 valence electrons. The smallest absolute Gasteiger partial charge is 0.262 e. The Morgan fingerprint density at radius 2 is 2.04 bits per heavy atom. The first-order valence-corrected chi connectivity index (χ1v) is 9.75. The van der Waals surface area contributed by atoms with Gasteiger partial charge in [-0.3, -0.25) is 9.59 Å². The molecule has 5 nitrogen and oxygen atoms in total. The number of ether oxygens (including phenoxy) is 1. The standard InChI is InChI=1S/C20H24N2O3S/c1-3-13-5-7-14(8-6-13)25-11-17(23)22-20-18(19(21)24)15-9-4-12(2)10-16(15)26-20/h5-8,12H,3-4,9-11H2,1-2H3,(H2,21,24)(H,22,23). The van der Waals surface area contributed by atoms with E-state index in [1.54, 1.807) is 0 Å². The first-order chi connectivity index (χ1) is 12.5. The highest BCUT2D eigenvalue weighted by Gasteiger charge is 2.27. The van der Waals surface area contributed by atoms with Gasteiger partial charge in [-0.1, -0.05) is 26.0 Å². The van der Waals surface area contributed by atoms with Crippen LogP contribution in [0.3, 0.4) is 0 Å². The van der Waals surface area contributed by atoms with Gasteiger partial charge >= 0.3 is 0 Å². The van der Waals surface area contributed by atoms with Crippen molar-refractivity contribution in [3.05, 3.63) is 45.8 Å². The largest absolute Gasteiger partial charge is 0.484 e. The van der Waals surface area contributed by atoms with Crippen molar-refractivity contribution in [2.24, 2.45) is 11.7 Å². The van der Waals surface area contributed by atoms with Crippen molar-refractivity contribution in [1.82, 2.24) is 0 Å². The molecule has 3 rings (SSSR count). The molecular weight excluding hydrogens is 348 g/mol. The number of anilines is 1. The minimum atomic E-state index is -0.483. The molecular formula is C20H24N2O3S. The zero-order valence-corrected chi connectivity index (χ0v) is 15.9. The molecule has 0 spiro atoms. The Morgan fingerprint density at radius 3 is 2.69 bits per heavy atom. The second-order valence-corrected chi connectivity index (χ2v) is 7.86. The normalized spacial score (nSPS) is 16.0. The summed E-state index contributed by atoms with van der Waals surface area (Å²) in [5.41, 5.74) is 8.26. The summed E-state index contributed by atoms with van der Waals surface area (Å²) in [6.45, 7) is 4.17. The first kappa shape index (κ1) is 18.5. The fraction of sp³-hybridized carbons (Fsp3) is 0.400. The second kappa shape index (κ2) is 7.91. The SMILES string of the molecule is CCc1ccc(OCC(=O)Nc2sc3c(c2C(N)=O)CCC(C)C3)cc1. The molecule has 0 aliphatic heterocycles. The van der Waals surface area contributed by atoms with Gasteiger partial charge in [0, 0.05) is 4.88 Å². The number of nitrogens with one attached hydrogen (secondary N) is 1. The van der Waals surface area contributed by atoms with E-state index in [2.05, 4.69) is 19.2 Å². The van der Waals surface area contributed by atoms with Crippen LogP contribution in [0.5, 0.6) is 5.75 Å². The third-order valence-corrected chi connectivity index (χ3v) is 5.88. The highest BCUT2D eigenvalue weighted by Crippen LogP contribution is 2.39. The van der Waals surface area contributed by atoms with E-state index in [0.29, 0.717) is 22.2 Å². The molecule has 0 saturated heterocycles. The number of thiophene rings is 1. The molecule has 0 saturated carbocycles. The maximum Gasteiger partial charge on any atom is 0.262 e. The van der Waals surface area contributed by atoms with Crippen molar-refractivity contribution in [2.45, 2.75) is 39.5 Å². The summed E-state index contributed by atoms with van der Waals surface area (Å²) in [6, 6.07) is 7.66. The lowest BCUT2D eigenvalue weighted by Crippen LogP contribution is -2.22. The van der Waals surface area contributed by atoms with E-state index in [-0.39, 0.29) is 12.5 Å². The van der Waals surface area contributed by atoms with E-state index in [1.165, 1.54) is 16.9 Å². The van der Waals surface area contributed by atoms with Gasteiger partial charge < -0.3 is 15.8 Å². The quantitative estimate of drug-likeness (QED) is 0.813. The molecule has 1 unspecified atom stereocenters. The molecule has 0 bridgehead atoms. The molecule has 0 radical (unpaired) electrons. The number of nitrogens with two attached hydrogens (primary N) is 1. The highest BCUT2D eigenvalue weighted by molar-refractivity contribution is 7.17. The molecule has 1 aliphatic carbocycles. The number of fused-ring (bicyclic) bond motifs is 1. The van der Waals surface area contributed by atoms with E-state index < -0.39 is 5.91 Å². The molecule has 1 aliphatic rings. The third kappa shape index (κ3) is 4.07. The molecule has 1 heterocycles. The molecule has 1 aromatic heterocycles. The molecule has 1 atom stereocenters. The third-order valence-electron chi connectivity index (χ3n) is 4.71. The summed E-state index contributed by atoms with van der Waals surface area (Å²) in [7, 11) is 0. The Bertz CT molecular complexity index is 811. The van der Waals surface area contributed by atoms with E-state index in [9.17, 15) is 9.59 Å². The minimum absolute atomic E-state index is 0.108. The lowest BCUT2D eigenvalue weighted by molar-refractivity contribution is -0.118. The number of benzene rings is 1. The van der Waals surface area contributed by atoms with Gasteiger partial charge in [0.05, 0.1) is 5.56 Å². The Morgan fingerprint density at radius 1 is 1.31 bits per heavy atom. The van der Waals surface area contributed by atoms with E-state index in [0.717, 1.165) is 36.1 Å². The van der Waals surface area contributed by atoms with Crippen LogP contribution in [0.1, 0.15) is 46.6 Å². The molecule has 26 heavy (non-hydrogen) atoms. The number of aryl methyl sites for hydroxylation is 1. The number of carbonyl (C=O) groups is 2. The Kier molecular flexibility index (Phi) is 5.61. The maximum absolute atomic E-state index is 12.3. The zero-order valence-electron chi connectivity index (χ0n) is 15.1. The van der Waals surface area contributed by atoms with Crippen molar-refractivity contribution < 1.29 is 14.3 Å².